The Labute approximate surface area is 214 Å². The number of pyridine rings is 2. The normalized spacial score (nSPS) is 9.65. The van der Waals surface area contributed by atoms with Crippen molar-refractivity contribution in [2.45, 2.75) is 6.92 Å². The minimum Gasteiger partial charge on any atom is -0.305 e. The Morgan fingerprint density at radius 3 is 2.21 bits per heavy atom. The van der Waals surface area contributed by atoms with E-state index in [2.05, 4.69) is 52.1 Å². The predicted octanol–water partition coefficient (Wildman–Crippen LogP) is 7.62. The second kappa shape index (κ2) is 12.4. The van der Waals surface area contributed by atoms with Gasteiger partial charge in [-0.1, -0.05) is 48.5 Å². The van der Waals surface area contributed by atoms with Gasteiger partial charge in [-0.3, -0.25) is 4.85 Å². The van der Waals surface area contributed by atoms with Gasteiger partial charge in [0.1, 0.15) is 5.69 Å². The summed E-state index contributed by atoms with van der Waals surface area (Å²) in [6.45, 7) is 9.16. The Morgan fingerprint density at radius 1 is 0.735 bits per heavy atom. The fourth-order valence-electron chi connectivity index (χ4n) is 3.35. The van der Waals surface area contributed by atoms with Gasteiger partial charge in [0.25, 0.3) is 0 Å². The van der Waals surface area contributed by atoms with Crippen LogP contribution in [0.1, 0.15) is 5.56 Å². The van der Waals surface area contributed by atoms with Crippen LogP contribution >= 0.6 is 0 Å². The monoisotopic (exact) mass is 616 g/mol. The molecule has 5 aromatic rings. The fraction of sp³-hybridized carbons (Fsp3) is 0.0333. The Balaban J connectivity index is 0.000000212. The second-order valence-corrected chi connectivity index (χ2v) is 7.31. The number of nitrogens with zero attached hydrogens (tertiary/aromatic N) is 3. The fourth-order valence-corrected chi connectivity index (χ4v) is 3.35. The average Bonchev–Trinajstić information content (AvgIpc) is 2.91. The summed E-state index contributed by atoms with van der Waals surface area (Å²) >= 11 is 0. The van der Waals surface area contributed by atoms with Crippen molar-refractivity contribution in [1.29, 1.82) is 0 Å². The van der Waals surface area contributed by atoms with E-state index in [0.29, 0.717) is 5.69 Å². The van der Waals surface area contributed by atoms with E-state index < -0.39 is 0 Å². The predicted molar refractivity (Wildman–Crippen MR) is 133 cm³/mol. The largest absolute Gasteiger partial charge is 0.305 e. The van der Waals surface area contributed by atoms with Crippen molar-refractivity contribution in [1.82, 2.24) is 9.97 Å². The van der Waals surface area contributed by atoms with Gasteiger partial charge in [0.15, 0.2) is 0 Å². The molecule has 4 heteroatoms. The molecule has 0 atom stereocenters. The Hall–Kier alpha value is -3.90. The summed E-state index contributed by atoms with van der Waals surface area (Å²) in [6, 6.07) is 37.6. The standard InChI is InChI=1S/C19H13N2.C11H8N.Ir/c1-14-13-21-19(16-9-6-10-17(11-16)20-2)12-18(14)15-7-4-3-5-8-15;1-2-6-10(7-3-1)11-8-4-5-9-12-11;/h3-8,10-13H,1H3;1-6,8-9H;/q2*-1;. The van der Waals surface area contributed by atoms with Crippen LogP contribution in [0.3, 0.4) is 0 Å². The van der Waals surface area contributed by atoms with Gasteiger partial charge in [0.2, 0.25) is 0 Å². The summed E-state index contributed by atoms with van der Waals surface area (Å²) < 4.78 is 0. The van der Waals surface area contributed by atoms with Crippen LogP contribution < -0.4 is 0 Å². The van der Waals surface area contributed by atoms with Crippen molar-refractivity contribution in [3.05, 3.63) is 139 Å². The number of benzene rings is 3. The minimum atomic E-state index is 0. The molecule has 1 radical (unpaired) electrons. The molecule has 167 valence electrons. The van der Waals surface area contributed by atoms with E-state index in [4.69, 9.17) is 6.57 Å². The van der Waals surface area contributed by atoms with Crippen molar-refractivity contribution >= 4 is 5.69 Å². The molecule has 0 aliphatic carbocycles. The summed E-state index contributed by atoms with van der Waals surface area (Å²) in [4.78, 5) is 12.2. The van der Waals surface area contributed by atoms with Crippen molar-refractivity contribution < 1.29 is 20.1 Å². The van der Waals surface area contributed by atoms with Crippen LogP contribution in [0.25, 0.3) is 38.5 Å². The molecule has 0 unspecified atom stereocenters. The maximum absolute atomic E-state index is 7.10. The minimum absolute atomic E-state index is 0. The Bertz CT molecular complexity index is 1330. The molecule has 0 spiro atoms. The SMILES string of the molecule is [C-]#[N+]c1cc[c-]c(-c2cc(-c3ccccc3)c(C)cn2)c1.[Ir].[c-]1ccccc1-c1ccccn1. The maximum atomic E-state index is 7.10. The van der Waals surface area contributed by atoms with Gasteiger partial charge in [-0.2, -0.15) is 6.07 Å². The summed E-state index contributed by atoms with van der Waals surface area (Å²) in [7, 11) is 0. The van der Waals surface area contributed by atoms with E-state index >= 15 is 0 Å². The van der Waals surface area contributed by atoms with Crippen LogP contribution in [0.2, 0.25) is 0 Å². The first-order valence-corrected chi connectivity index (χ1v) is 10.5. The third-order valence-corrected chi connectivity index (χ3v) is 5.03. The Kier molecular flexibility index (Phi) is 9.00. The molecule has 34 heavy (non-hydrogen) atoms. The molecule has 3 aromatic carbocycles. The summed E-state index contributed by atoms with van der Waals surface area (Å²) in [5.41, 5.74) is 7.75. The molecule has 3 nitrogen and oxygen atoms in total. The summed E-state index contributed by atoms with van der Waals surface area (Å²) in [6.07, 6.45) is 3.66. The first kappa shape index (κ1) is 24.7. The average molecular weight is 616 g/mol. The van der Waals surface area contributed by atoms with Gasteiger partial charge in [-0.05, 0) is 41.1 Å². The third kappa shape index (κ3) is 6.33. The molecule has 0 bridgehead atoms. The molecular weight excluding hydrogens is 595 g/mol. The van der Waals surface area contributed by atoms with Crippen LogP contribution in [-0.2, 0) is 20.1 Å². The summed E-state index contributed by atoms with van der Waals surface area (Å²) in [5, 5.41) is 0. The van der Waals surface area contributed by atoms with Crippen LogP contribution in [0, 0.1) is 25.6 Å². The molecule has 0 aliphatic heterocycles. The van der Waals surface area contributed by atoms with Gasteiger partial charge in [-0.15, -0.1) is 59.7 Å². The molecule has 5 rings (SSSR count). The van der Waals surface area contributed by atoms with E-state index in [1.807, 2.05) is 72.9 Å². The molecule has 2 aromatic heterocycles. The maximum Gasteiger partial charge on any atom is 0.108 e. The van der Waals surface area contributed by atoms with Gasteiger partial charge in [0, 0.05) is 32.5 Å². The van der Waals surface area contributed by atoms with E-state index in [-0.39, 0.29) is 20.1 Å². The van der Waals surface area contributed by atoms with Gasteiger partial charge in [-0.25, -0.2) is 0 Å². The van der Waals surface area contributed by atoms with Gasteiger partial charge < -0.3 is 9.97 Å². The zero-order chi connectivity index (χ0) is 22.9. The zero-order valence-electron chi connectivity index (χ0n) is 18.6. The van der Waals surface area contributed by atoms with E-state index in [0.717, 1.165) is 33.6 Å². The topological polar surface area (TPSA) is 30.1 Å². The van der Waals surface area contributed by atoms with Crippen LogP contribution in [0.15, 0.2) is 109 Å². The van der Waals surface area contributed by atoms with E-state index in [1.165, 1.54) is 5.56 Å². The molecule has 0 saturated carbocycles. The second-order valence-electron chi connectivity index (χ2n) is 7.31. The van der Waals surface area contributed by atoms with Crippen molar-refractivity contribution in [2.24, 2.45) is 0 Å². The third-order valence-electron chi connectivity index (χ3n) is 5.03. The first-order valence-electron chi connectivity index (χ1n) is 10.5. The van der Waals surface area contributed by atoms with Crippen LogP contribution in [0.5, 0.6) is 0 Å². The Morgan fingerprint density at radius 2 is 1.50 bits per heavy atom. The molecular formula is C30H21IrN3-2. The number of aromatic nitrogens is 2. The molecule has 2 heterocycles. The number of hydrogen-bond donors (Lipinski definition) is 0. The van der Waals surface area contributed by atoms with Crippen molar-refractivity contribution in [3.63, 3.8) is 0 Å². The van der Waals surface area contributed by atoms with Crippen molar-refractivity contribution in [2.75, 3.05) is 0 Å². The first-order chi connectivity index (χ1) is 16.2. The van der Waals surface area contributed by atoms with E-state index in [1.54, 1.807) is 18.3 Å². The molecule has 0 N–H and O–H groups in total. The molecule has 0 aliphatic rings. The van der Waals surface area contributed by atoms with Crippen LogP contribution in [-0.4, -0.2) is 9.97 Å². The number of hydrogen-bond acceptors (Lipinski definition) is 2. The molecule has 0 fully saturated rings. The molecule has 0 saturated heterocycles. The van der Waals surface area contributed by atoms with E-state index in [9.17, 15) is 0 Å². The van der Waals surface area contributed by atoms with Gasteiger partial charge in [0.05, 0.1) is 6.57 Å². The van der Waals surface area contributed by atoms with Gasteiger partial charge >= 0.3 is 0 Å². The molecule has 0 amide bonds. The number of rotatable bonds is 3. The number of aryl methyl sites for hydroxylation is 1. The zero-order valence-corrected chi connectivity index (χ0v) is 21.0. The summed E-state index contributed by atoms with van der Waals surface area (Å²) in [5.74, 6) is 0. The quantitative estimate of drug-likeness (QED) is 0.196. The van der Waals surface area contributed by atoms with Crippen molar-refractivity contribution in [3.8, 4) is 33.6 Å². The van der Waals surface area contributed by atoms with Crippen LogP contribution in [0.4, 0.5) is 5.69 Å². The smallest absolute Gasteiger partial charge is 0.108 e.